The van der Waals surface area contributed by atoms with Gasteiger partial charge >= 0.3 is 0 Å². The Kier molecular flexibility index (Phi) is 5.88. The lowest BCUT2D eigenvalue weighted by Crippen LogP contribution is -2.50. The van der Waals surface area contributed by atoms with E-state index in [1.54, 1.807) is 47.2 Å². The maximum absolute atomic E-state index is 12.7. The van der Waals surface area contributed by atoms with Gasteiger partial charge < -0.3 is 19.9 Å². The molecule has 1 N–H and O–H groups in total. The summed E-state index contributed by atoms with van der Waals surface area (Å²) in [4.78, 5) is 44.1. The maximum atomic E-state index is 12.7. The molecule has 2 aromatic rings. The number of carbonyl (C=O) groups excluding carboxylic acids is 3. The molecule has 1 saturated heterocycles. The molecule has 1 aliphatic heterocycles. The van der Waals surface area contributed by atoms with Crippen molar-refractivity contribution in [2.24, 2.45) is 0 Å². The van der Waals surface area contributed by atoms with Gasteiger partial charge in [-0.2, -0.15) is 0 Å². The molecule has 0 saturated carbocycles. The summed E-state index contributed by atoms with van der Waals surface area (Å²) < 4.78 is 5.15. The molecule has 1 aliphatic rings. The van der Waals surface area contributed by atoms with Crippen LogP contribution in [0.2, 0.25) is 0 Å². The Morgan fingerprint density at radius 2 is 1.75 bits per heavy atom. The highest BCUT2D eigenvalue weighted by Crippen LogP contribution is 2.18. The molecule has 8 nitrogen and oxygen atoms in total. The van der Waals surface area contributed by atoms with Crippen molar-refractivity contribution in [3.8, 4) is 5.75 Å². The van der Waals surface area contributed by atoms with Crippen molar-refractivity contribution in [3.63, 3.8) is 0 Å². The molecule has 0 unspecified atom stereocenters. The molecule has 28 heavy (non-hydrogen) atoms. The Balaban J connectivity index is 1.68. The molecule has 8 heteroatoms. The SMILES string of the molecule is COc1cccc(NC(=O)c2ccnc(C(=O)N3CCN(C(C)=O)CC3)c2)c1. The number of nitrogens with zero attached hydrogens (tertiary/aromatic N) is 3. The van der Waals surface area contributed by atoms with Crippen LogP contribution in [-0.4, -0.2) is 65.8 Å². The topological polar surface area (TPSA) is 91.8 Å². The van der Waals surface area contributed by atoms with E-state index in [2.05, 4.69) is 10.3 Å². The van der Waals surface area contributed by atoms with Gasteiger partial charge in [0.05, 0.1) is 7.11 Å². The number of aromatic nitrogens is 1. The minimum Gasteiger partial charge on any atom is -0.497 e. The first kappa shape index (κ1) is 19.3. The van der Waals surface area contributed by atoms with Gasteiger partial charge in [0.25, 0.3) is 11.8 Å². The van der Waals surface area contributed by atoms with Crippen LogP contribution in [0.5, 0.6) is 5.75 Å². The van der Waals surface area contributed by atoms with Gasteiger partial charge in [0.2, 0.25) is 5.91 Å². The minimum atomic E-state index is -0.342. The van der Waals surface area contributed by atoms with Crippen molar-refractivity contribution in [1.29, 1.82) is 0 Å². The number of rotatable bonds is 4. The summed E-state index contributed by atoms with van der Waals surface area (Å²) >= 11 is 0. The zero-order chi connectivity index (χ0) is 20.1. The molecule has 3 amide bonds. The molecule has 0 atom stereocenters. The number of amides is 3. The van der Waals surface area contributed by atoms with Crippen LogP contribution in [0.4, 0.5) is 5.69 Å². The van der Waals surface area contributed by atoms with E-state index in [1.807, 2.05) is 0 Å². The van der Waals surface area contributed by atoms with Crippen LogP contribution in [0.1, 0.15) is 27.8 Å². The first-order chi connectivity index (χ1) is 13.5. The number of pyridine rings is 1. The number of benzene rings is 1. The minimum absolute atomic E-state index is 0.00133. The molecule has 3 rings (SSSR count). The van der Waals surface area contributed by atoms with E-state index < -0.39 is 0 Å². The third kappa shape index (κ3) is 4.46. The van der Waals surface area contributed by atoms with E-state index in [4.69, 9.17) is 4.74 Å². The normalized spacial score (nSPS) is 13.8. The molecule has 0 radical (unpaired) electrons. The van der Waals surface area contributed by atoms with Crippen molar-refractivity contribution in [2.45, 2.75) is 6.92 Å². The molecule has 1 fully saturated rings. The lowest BCUT2D eigenvalue weighted by Gasteiger charge is -2.34. The number of methoxy groups -OCH3 is 1. The van der Waals surface area contributed by atoms with Gasteiger partial charge in [0.1, 0.15) is 11.4 Å². The second-order valence-corrected chi connectivity index (χ2v) is 6.41. The second-order valence-electron chi connectivity index (χ2n) is 6.41. The van der Waals surface area contributed by atoms with Gasteiger partial charge in [-0.05, 0) is 24.3 Å². The van der Waals surface area contributed by atoms with Crippen molar-refractivity contribution in [2.75, 3.05) is 38.6 Å². The number of carbonyl (C=O) groups is 3. The first-order valence-electron chi connectivity index (χ1n) is 8.94. The van der Waals surface area contributed by atoms with E-state index >= 15 is 0 Å². The number of hydrogen-bond donors (Lipinski definition) is 1. The van der Waals surface area contributed by atoms with E-state index in [0.29, 0.717) is 43.2 Å². The van der Waals surface area contributed by atoms with Crippen LogP contribution >= 0.6 is 0 Å². The zero-order valence-electron chi connectivity index (χ0n) is 15.8. The summed E-state index contributed by atoms with van der Waals surface area (Å²) in [6.45, 7) is 3.40. The van der Waals surface area contributed by atoms with Gasteiger partial charge in [0.15, 0.2) is 0 Å². The van der Waals surface area contributed by atoms with Crippen LogP contribution in [0, 0.1) is 0 Å². The Morgan fingerprint density at radius 1 is 1.04 bits per heavy atom. The van der Waals surface area contributed by atoms with Crippen LogP contribution < -0.4 is 10.1 Å². The zero-order valence-corrected chi connectivity index (χ0v) is 15.8. The molecule has 1 aromatic heterocycles. The third-order valence-electron chi connectivity index (χ3n) is 4.58. The highest BCUT2D eigenvalue weighted by atomic mass is 16.5. The summed E-state index contributed by atoms with van der Waals surface area (Å²) in [5.74, 6) is 0.0415. The van der Waals surface area contributed by atoms with Crippen LogP contribution in [0.3, 0.4) is 0 Å². The summed E-state index contributed by atoms with van der Waals surface area (Å²) in [5.41, 5.74) is 1.13. The third-order valence-corrected chi connectivity index (χ3v) is 4.58. The van der Waals surface area contributed by atoms with Crippen molar-refractivity contribution in [3.05, 3.63) is 53.9 Å². The van der Waals surface area contributed by atoms with Gasteiger partial charge in [-0.15, -0.1) is 0 Å². The molecule has 0 aliphatic carbocycles. The number of nitrogens with one attached hydrogen (secondary N) is 1. The number of anilines is 1. The van der Waals surface area contributed by atoms with Crippen molar-refractivity contribution >= 4 is 23.4 Å². The lowest BCUT2D eigenvalue weighted by molar-refractivity contribution is -0.130. The Morgan fingerprint density at radius 3 is 2.43 bits per heavy atom. The fourth-order valence-electron chi connectivity index (χ4n) is 2.98. The smallest absolute Gasteiger partial charge is 0.272 e. The van der Waals surface area contributed by atoms with E-state index in [9.17, 15) is 14.4 Å². The van der Waals surface area contributed by atoms with E-state index in [1.165, 1.54) is 19.2 Å². The Labute approximate surface area is 163 Å². The maximum Gasteiger partial charge on any atom is 0.272 e. The van der Waals surface area contributed by atoms with E-state index in [0.717, 1.165) is 0 Å². The number of hydrogen-bond acceptors (Lipinski definition) is 5. The highest BCUT2D eigenvalue weighted by molar-refractivity contribution is 6.05. The van der Waals surface area contributed by atoms with Crippen LogP contribution in [0.25, 0.3) is 0 Å². The average molecular weight is 382 g/mol. The van der Waals surface area contributed by atoms with Crippen molar-refractivity contribution < 1.29 is 19.1 Å². The lowest BCUT2D eigenvalue weighted by atomic mass is 10.2. The first-order valence-corrected chi connectivity index (χ1v) is 8.94. The average Bonchev–Trinajstić information content (AvgIpc) is 2.73. The van der Waals surface area contributed by atoms with Crippen LogP contribution in [0.15, 0.2) is 42.6 Å². The quantitative estimate of drug-likeness (QED) is 0.868. The Hall–Kier alpha value is -3.42. The summed E-state index contributed by atoms with van der Waals surface area (Å²) in [5, 5.41) is 2.78. The molecule has 2 heterocycles. The predicted molar refractivity (Wildman–Crippen MR) is 103 cm³/mol. The standard InChI is InChI=1S/C20H22N4O4/c1-14(25)23-8-10-24(11-9-23)20(27)18-12-15(6-7-21-18)19(26)22-16-4-3-5-17(13-16)28-2/h3-7,12-13H,8-11H2,1-2H3,(H,22,26). The fourth-order valence-corrected chi connectivity index (χ4v) is 2.98. The second kappa shape index (κ2) is 8.51. The number of piperazine rings is 1. The van der Waals surface area contributed by atoms with Crippen LogP contribution in [-0.2, 0) is 4.79 Å². The highest BCUT2D eigenvalue weighted by Gasteiger charge is 2.24. The molecule has 0 bridgehead atoms. The summed E-state index contributed by atoms with van der Waals surface area (Å²) in [6, 6.07) is 10.1. The van der Waals surface area contributed by atoms with Gasteiger partial charge in [0, 0.05) is 56.6 Å². The van der Waals surface area contributed by atoms with Crippen molar-refractivity contribution in [1.82, 2.24) is 14.8 Å². The predicted octanol–water partition coefficient (Wildman–Crippen LogP) is 1.65. The summed E-state index contributed by atoms with van der Waals surface area (Å²) in [7, 11) is 1.55. The van der Waals surface area contributed by atoms with Gasteiger partial charge in [-0.3, -0.25) is 19.4 Å². The van der Waals surface area contributed by atoms with Gasteiger partial charge in [-0.1, -0.05) is 6.07 Å². The van der Waals surface area contributed by atoms with Gasteiger partial charge in [-0.25, -0.2) is 0 Å². The molecular weight excluding hydrogens is 360 g/mol. The molecule has 1 aromatic carbocycles. The van der Waals surface area contributed by atoms with E-state index in [-0.39, 0.29) is 23.4 Å². The Bertz CT molecular complexity index is 891. The molecular formula is C20H22N4O4. The number of ether oxygens (including phenoxy) is 1. The molecule has 0 spiro atoms. The summed E-state index contributed by atoms with van der Waals surface area (Å²) in [6.07, 6.45) is 1.44. The largest absolute Gasteiger partial charge is 0.497 e. The fraction of sp³-hybridized carbons (Fsp3) is 0.300. The monoisotopic (exact) mass is 382 g/mol. The molecule has 146 valence electrons.